The number of hydrogen-bond acceptors (Lipinski definition) is 1. The summed E-state index contributed by atoms with van der Waals surface area (Å²) in [6.07, 6.45) is 3.79. The summed E-state index contributed by atoms with van der Waals surface area (Å²) in [7, 11) is 2.03. The lowest BCUT2D eigenvalue weighted by atomic mass is 9.98. The van der Waals surface area contributed by atoms with Crippen molar-refractivity contribution in [2.24, 2.45) is 5.41 Å². The molecule has 0 amide bonds. The molecule has 0 aromatic heterocycles. The molecule has 0 fully saturated rings. The van der Waals surface area contributed by atoms with Crippen LogP contribution >= 0.6 is 11.6 Å². The third-order valence-electron chi connectivity index (χ3n) is 3.51. The summed E-state index contributed by atoms with van der Waals surface area (Å²) in [4.78, 5) is 2.11. The Balaban J connectivity index is 2.07. The number of fused-ring (bicyclic) bond motifs is 1. The van der Waals surface area contributed by atoms with Crippen molar-refractivity contribution in [2.45, 2.75) is 32.8 Å². The number of allylic oxidation sites excluding steroid dienone is 1. The molecule has 2 aromatic rings. The summed E-state index contributed by atoms with van der Waals surface area (Å²) in [5, 5.41) is 2.54. The first kappa shape index (κ1) is 17.6. The third kappa shape index (κ3) is 5.43. The second-order valence-corrected chi connectivity index (χ2v) is 7.25. The quantitative estimate of drug-likeness (QED) is 0.411. The number of alkyl halides is 1. The minimum Gasteiger partial charge on any atom is -0.283 e. The summed E-state index contributed by atoms with van der Waals surface area (Å²) < 4.78 is 0. The standard InChI is InChI=1S/C21H24ClN/c1-21(2,3)15-8-7-14-20(22)23(4)16-18-12-9-11-17-10-5-6-13-19(17)18/h5-7,9-14,20H,16H2,1-4H3/b14-7+. The molecule has 0 radical (unpaired) electrons. The van der Waals surface area contributed by atoms with E-state index in [0.29, 0.717) is 0 Å². The molecule has 1 nitrogen and oxygen atoms in total. The minimum absolute atomic E-state index is 0.0149. The molecule has 0 N–H and O–H groups in total. The Kier molecular flexibility index (Phi) is 5.88. The van der Waals surface area contributed by atoms with Crippen LogP contribution in [0.5, 0.6) is 0 Å². The summed E-state index contributed by atoms with van der Waals surface area (Å²) in [5.41, 5.74) is 1.12. The van der Waals surface area contributed by atoms with Crippen LogP contribution in [0.25, 0.3) is 10.8 Å². The molecule has 2 heteroatoms. The van der Waals surface area contributed by atoms with Crippen molar-refractivity contribution in [2.75, 3.05) is 7.05 Å². The van der Waals surface area contributed by atoms with Crippen molar-refractivity contribution >= 4 is 22.4 Å². The van der Waals surface area contributed by atoms with Gasteiger partial charge in [-0.15, -0.1) is 11.6 Å². The van der Waals surface area contributed by atoms with Crippen LogP contribution in [0.1, 0.15) is 26.3 Å². The highest BCUT2D eigenvalue weighted by atomic mass is 35.5. The SMILES string of the molecule is CN(Cc1cccc2ccccc12)C(Cl)/C=C/C#CC(C)(C)C. The largest absolute Gasteiger partial charge is 0.283 e. The normalized spacial score (nSPS) is 13.3. The second kappa shape index (κ2) is 7.68. The average molecular weight is 326 g/mol. The first-order valence-corrected chi connectivity index (χ1v) is 8.31. The Labute approximate surface area is 145 Å². The molecule has 0 heterocycles. The molecular weight excluding hydrogens is 302 g/mol. The second-order valence-electron chi connectivity index (χ2n) is 6.80. The van der Waals surface area contributed by atoms with Gasteiger partial charge in [-0.2, -0.15) is 0 Å². The molecule has 0 bridgehead atoms. The van der Waals surface area contributed by atoms with Gasteiger partial charge in [-0.05, 0) is 56.3 Å². The Morgan fingerprint density at radius 1 is 1.13 bits per heavy atom. The minimum atomic E-state index is -0.178. The monoisotopic (exact) mass is 325 g/mol. The molecule has 0 aliphatic rings. The summed E-state index contributed by atoms with van der Waals surface area (Å²) in [6.45, 7) is 7.09. The third-order valence-corrected chi connectivity index (χ3v) is 3.98. The van der Waals surface area contributed by atoms with Gasteiger partial charge in [-0.3, -0.25) is 4.90 Å². The van der Waals surface area contributed by atoms with Gasteiger partial charge in [0.15, 0.2) is 0 Å². The van der Waals surface area contributed by atoms with E-state index < -0.39 is 0 Å². The lowest BCUT2D eigenvalue weighted by Crippen LogP contribution is -2.24. The van der Waals surface area contributed by atoms with Crippen LogP contribution < -0.4 is 0 Å². The predicted octanol–water partition coefficient (Wildman–Crippen LogP) is 5.44. The molecule has 0 saturated heterocycles. The highest BCUT2D eigenvalue weighted by molar-refractivity contribution is 6.21. The van der Waals surface area contributed by atoms with Gasteiger partial charge in [0.1, 0.15) is 5.50 Å². The van der Waals surface area contributed by atoms with Crippen molar-refractivity contribution in [3.05, 3.63) is 60.2 Å². The van der Waals surface area contributed by atoms with Crippen LogP contribution in [-0.4, -0.2) is 17.4 Å². The molecule has 0 saturated carbocycles. The zero-order valence-corrected chi connectivity index (χ0v) is 15.1. The molecular formula is C21H24ClN. The lowest BCUT2D eigenvalue weighted by molar-refractivity contribution is 0.336. The number of hydrogen-bond donors (Lipinski definition) is 0. The zero-order valence-electron chi connectivity index (χ0n) is 14.3. The van der Waals surface area contributed by atoms with Gasteiger partial charge in [0, 0.05) is 12.0 Å². The molecule has 0 aliphatic heterocycles. The van der Waals surface area contributed by atoms with Crippen LogP contribution in [0.15, 0.2) is 54.6 Å². The van der Waals surface area contributed by atoms with Gasteiger partial charge < -0.3 is 0 Å². The van der Waals surface area contributed by atoms with E-state index in [0.717, 1.165) is 6.54 Å². The Morgan fingerprint density at radius 2 is 1.83 bits per heavy atom. The number of likely N-dealkylation sites (N-methyl/N-ethyl adjacent to an activating group) is 1. The fourth-order valence-corrected chi connectivity index (χ4v) is 2.46. The lowest BCUT2D eigenvalue weighted by Gasteiger charge is -2.21. The van der Waals surface area contributed by atoms with Crippen molar-refractivity contribution in [3.8, 4) is 11.8 Å². The average Bonchev–Trinajstić information content (AvgIpc) is 2.50. The first-order chi connectivity index (χ1) is 10.9. The van der Waals surface area contributed by atoms with Gasteiger partial charge in [0.05, 0.1) is 0 Å². The maximum atomic E-state index is 6.45. The van der Waals surface area contributed by atoms with Gasteiger partial charge in [0.2, 0.25) is 0 Å². The van der Waals surface area contributed by atoms with Crippen LogP contribution in [-0.2, 0) is 6.54 Å². The van der Waals surface area contributed by atoms with E-state index in [1.807, 2.05) is 19.2 Å². The Morgan fingerprint density at radius 3 is 2.57 bits per heavy atom. The van der Waals surface area contributed by atoms with E-state index in [-0.39, 0.29) is 10.9 Å². The molecule has 0 aliphatic carbocycles. The Bertz CT molecular complexity index is 738. The highest BCUT2D eigenvalue weighted by Crippen LogP contribution is 2.21. The molecule has 2 aromatic carbocycles. The van der Waals surface area contributed by atoms with Crippen LogP contribution in [0.2, 0.25) is 0 Å². The van der Waals surface area contributed by atoms with Gasteiger partial charge >= 0.3 is 0 Å². The van der Waals surface area contributed by atoms with E-state index in [2.05, 4.69) is 80.0 Å². The topological polar surface area (TPSA) is 3.24 Å². The zero-order chi connectivity index (χ0) is 16.9. The molecule has 1 atom stereocenters. The van der Waals surface area contributed by atoms with Crippen molar-refractivity contribution in [3.63, 3.8) is 0 Å². The van der Waals surface area contributed by atoms with Gasteiger partial charge in [-0.1, -0.05) is 54.3 Å². The molecule has 23 heavy (non-hydrogen) atoms. The summed E-state index contributed by atoms with van der Waals surface area (Å²) in [5.74, 6) is 6.24. The predicted molar refractivity (Wildman–Crippen MR) is 101 cm³/mol. The van der Waals surface area contributed by atoms with E-state index in [1.165, 1.54) is 16.3 Å². The van der Waals surface area contributed by atoms with Crippen LogP contribution in [0.4, 0.5) is 0 Å². The first-order valence-electron chi connectivity index (χ1n) is 7.87. The Hall–Kier alpha value is -1.75. The smallest absolute Gasteiger partial charge is 0.105 e. The number of halogens is 1. The van der Waals surface area contributed by atoms with E-state index in [1.54, 1.807) is 0 Å². The molecule has 0 spiro atoms. The molecule has 2 rings (SSSR count). The number of rotatable bonds is 4. The number of nitrogens with zero attached hydrogens (tertiary/aromatic N) is 1. The highest BCUT2D eigenvalue weighted by Gasteiger charge is 2.10. The fourth-order valence-electron chi connectivity index (χ4n) is 2.32. The van der Waals surface area contributed by atoms with Crippen LogP contribution in [0, 0.1) is 17.3 Å². The molecule has 120 valence electrons. The maximum Gasteiger partial charge on any atom is 0.105 e. The number of benzene rings is 2. The van der Waals surface area contributed by atoms with Crippen molar-refractivity contribution in [1.82, 2.24) is 4.90 Å². The van der Waals surface area contributed by atoms with E-state index >= 15 is 0 Å². The molecule has 1 unspecified atom stereocenters. The maximum absolute atomic E-state index is 6.45. The van der Waals surface area contributed by atoms with Gasteiger partial charge in [0.25, 0.3) is 0 Å². The summed E-state index contributed by atoms with van der Waals surface area (Å²) >= 11 is 6.45. The fraction of sp³-hybridized carbons (Fsp3) is 0.333. The van der Waals surface area contributed by atoms with Crippen LogP contribution in [0.3, 0.4) is 0 Å². The van der Waals surface area contributed by atoms with E-state index in [9.17, 15) is 0 Å². The van der Waals surface area contributed by atoms with Crippen molar-refractivity contribution in [1.29, 1.82) is 0 Å². The van der Waals surface area contributed by atoms with E-state index in [4.69, 9.17) is 11.6 Å². The summed E-state index contributed by atoms with van der Waals surface area (Å²) in [6, 6.07) is 14.8. The van der Waals surface area contributed by atoms with Gasteiger partial charge in [-0.25, -0.2) is 0 Å². The van der Waals surface area contributed by atoms with Crippen molar-refractivity contribution < 1.29 is 0 Å².